The molecule has 3 heteroatoms. The first-order valence-corrected chi connectivity index (χ1v) is 6.23. The zero-order chi connectivity index (χ0) is 12.3. The highest BCUT2D eigenvalue weighted by Crippen LogP contribution is 2.15. The molecule has 0 bridgehead atoms. The number of carbonyl (C=O) groups is 1. The summed E-state index contributed by atoms with van der Waals surface area (Å²) in [6.07, 6.45) is 0. The Labute approximate surface area is 103 Å². The van der Waals surface area contributed by atoms with E-state index in [1.807, 2.05) is 0 Å². The van der Waals surface area contributed by atoms with Gasteiger partial charge >= 0.3 is 0 Å². The van der Waals surface area contributed by atoms with Crippen molar-refractivity contribution in [2.75, 3.05) is 19.6 Å². The van der Waals surface area contributed by atoms with E-state index < -0.39 is 0 Å². The van der Waals surface area contributed by atoms with Crippen LogP contribution in [-0.2, 0) is 11.3 Å². The van der Waals surface area contributed by atoms with Gasteiger partial charge in [0.2, 0.25) is 5.91 Å². The largest absolute Gasteiger partial charge is 0.354 e. The van der Waals surface area contributed by atoms with Crippen LogP contribution in [0.5, 0.6) is 0 Å². The van der Waals surface area contributed by atoms with Crippen molar-refractivity contribution in [2.24, 2.45) is 0 Å². The zero-order valence-electron chi connectivity index (χ0n) is 10.6. The van der Waals surface area contributed by atoms with Crippen LogP contribution >= 0.6 is 0 Å². The van der Waals surface area contributed by atoms with Gasteiger partial charge in [-0.2, -0.15) is 0 Å². The first kappa shape index (κ1) is 12.1. The van der Waals surface area contributed by atoms with Crippen LogP contribution in [0.1, 0.15) is 30.9 Å². The Balaban J connectivity index is 1.96. The molecule has 1 saturated heterocycles. The second-order valence-electron chi connectivity index (χ2n) is 4.96. The Hall–Kier alpha value is -1.35. The summed E-state index contributed by atoms with van der Waals surface area (Å²) in [4.78, 5) is 13.4. The number of nitrogens with one attached hydrogen (secondary N) is 1. The first-order chi connectivity index (χ1) is 8.15. The fourth-order valence-corrected chi connectivity index (χ4v) is 2.09. The van der Waals surface area contributed by atoms with Gasteiger partial charge in [-0.1, -0.05) is 38.1 Å². The van der Waals surface area contributed by atoms with Gasteiger partial charge in [0.25, 0.3) is 0 Å². The van der Waals surface area contributed by atoms with Gasteiger partial charge in [-0.25, -0.2) is 0 Å². The van der Waals surface area contributed by atoms with Crippen molar-refractivity contribution in [1.82, 2.24) is 10.2 Å². The van der Waals surface area contributed by atoms with Crippen LogP contribution in [0, 0.1) is 0 Å². The van der Waals surface area contributed by atoms with Gasteiger partial charge in [-0.3, -0.25) is 9.69 Å². The number of carbonyl (C=O) groups excluding carboxylic acids is 1. The van der Waals surface area contributed by atoms with Gasteiger partial charge in [0, 0.05) is 19.6 Å². The molecule has 0 aliphatic carbocycles. The highest BCUT2D eigenvalue weighted by molar-refractivity contribution is 5.78. The number of rotatable bonds is 3. The van der Waals surface area contributed by atoms with E-state index in [9.17, 15) is 4.79 Å². The number of benzene rings is 1. The predicted molar refractivity (Wildman–Crippen MR) is 68.8 cm³/mol. The lowest BCUT2D eigenvalue weighted by Gasteiger charge is -2.26. The Morgan fingerprint density at radius 3 is 2.59 bits per heavy atom. The third-order valence-corrected chi connectivity index (χ3v) is 3.17. The molecule has 0 radical (unpaired) electrons. The highest BCUT2D eigenvalue weighted by atomic mass is 16.2. The maximum Gasteiger partial charge on any atom is 0.234 e. The maximum atomic E-state index is 11.3. The highest BCUT2D eigenvalue weighted by Gasteiger charge is 2.15. The van der Waals surface area contributed by atoms with Gasteiger partial charge in [-0.15, -0.1) is 0 Å². The molecule has 0 atom stereocenters. The predicted octanol–water partition coefficient (Wildman–Crippen LogP) is 1.74. The van der Waals surface area contributed by atoms with E-state index in [0.717, 1.165) is 19.6 Å². The molecule has 0 aromatic heterocycles. The van der Waals surface area contributed by atoms with Gasteiger partial charge in [0.05, 0.1) is 6.54 Å². The number of piperazine rings is 1. The fraction of sp³-hybridized carbons (Fsp3) is 0.500. The molecule has 1 fully saturated rings. The summed E-state index contributed by atoms with van der Waals surface area (Å²) in [5.74, 6) is 0.708. The fourth-order valence-electron chi connectivity index (χ4n) is 2.09. The van der Waals surface area contributed by atoms with Crippen molar-refractivity contribution in [3.8, 4) is 0 Å². The topological polar surface area (TPSA) is 32.3 Å². The summed E-state index contributed by atoms with van der Waals surface area (Å²) < 4.78 is 0. The molecule has 0 unspecified atom stereocenters. The van der Waals surface area contributed by atoms with Gasteiger partial charge in [0.1, 0.15) is 0 Å². The molecule has 2 rings (SSSR count). The van der Waals surface area contributed by atoms with Crippen LogP contribution in [0.2, 0.25) is 0 Å². The standard InChI is InChI=1S/C14H20N2O/c1-11(2)13-5-3-12(4-6-13)9-16-8-7-15-14(17)10-16/h3-6,11H,7-10H2,1-2H3,(H,15,17). The summed E-state index contributed by atoms with van der Waals surface area (Å²) in [5, 5.41) is 2.84. The van der Waals surface area contributed by atoms with E-state index in [0.29, 0.717) is 12.5 Å². The van der Waals surface area contributed by atoms with Gasteiger partial charge in [0.15, 0.2) is 0 Å². The van der Waals surface area contributed by atoms with Gasteiger partial charge in [-0.05, 0) is 17.0 Å². The van der Waals surface area contributed by atoms with Crippen LogP contribution in [-0.4, -0.2) is 30.4 Å². The Morgan fingerprint density at radius 2 is 2.00 bits per heavy atom. The minimum Gasteiger partial charge on any atom is -0.354 e. The summed E-state index contributed by atoms with van der Waals surface area (Å²) in [5.41, 5.74) is 2.65. The maximum absolute atomic E-state index is 11.3. The number of nitrogens with zero attached hydrogens (tertiary/aromatic N) is 1. The molecule has 1 aliphatic rings. The van der Waals surface area contributed by atoms with E-state index in [1.165, 1.54) is 11.1 Å². The molecule has 1 aliphatic heterocycles. The molecule has 1 aromatic rings. The first-order valence-electron chi connectivity index (χ1n) is 6.23. The third-order valence-electron chi connectivity index (χ3n) is 3.17. The number of hydrogen-bond acceptors (Lipinski definition) is 2. The summed E-state index contributed by atoms with van der Waals surface area (Å²) in [7, 11) is 0. The Morgan fingerprint density at radius 1 is 1.29 bits per heavy atom. The minimum absolute atomic E-state index is 0.134. The molecule has 3 nitrogen and oxygen atoms in total. The quantitative estimate of drug-likeness (QED) is 0.861. The van der Waals surface area contributed by atoms with Crippen molar-refractivity contribution in [2.45, 2.75) is 26.3 Å². The molecule has 0 spiro atoms. The normalized spacial score (nSPS) is 17.2. The zero-order valence-corrected chi connectivity index (χ0v) is 10.6. The summed E-state index contributed by atoms with van der Waals surface area (Å²) in [6, 6.07) is 8.71. The van der Waals surface area contributed by atoms with E-state index in [2.05, 4.69) is 48.3 Å². The number of amides is 1. The van der Waals surface area contributed by atoms with Crippen molar-refractivity contribution in [1.29, 1.82) is 0 Å². The lowest BCUT2D eigenvalue weighted by molar-refractivity contribution is -0.124. The van der Waals surface area contributed by atoms with Crippen LogP contribution in [0.25, 0.3) is 0 Å². The van der Waals surface area contributed by atoms with Crippen molar-refractivity contribution >= 4 is 5.91 Å². The molecule has 1 amide bonds. The van der Waals surface area contributed by atoms with E-state index in [-0.39, 0.29) is 5.91 Å². The van der Waals surface area contributed by atoms with Crippen molar-refractivity contribution in [3.05, 3.63) is 35.4 Å². The molecule has 17 heavy (non-hydrogen) atoms. The molecule has 92 valence electrons. The number of hydrogen-bond donors (Lipinski definition) is 1. The monoisotopic (exact) mass is 232 g/mol. The Bertz CT molecular complexity index is 384. The van der Waals surface area contributed by atoms with Crippen LogP contribution in [0.4, 0.5) is 0 Å². The van der Waals surface area contributed by atoms with Crippen LogP contribution in [0.15, 0.2) is 24.3 Å². The van der Waals surface area contributed by atoms with E-state index in [1.54, 1.807) is 0 Å². The molecule has 0 saturated carbocycles. The van der Waals surface area contributed by atoms with Crippen LogP contribution < -0.4 is 5.32 Å². The molecular formula is C14H20N2O. The minimum atomic E-state index is 0.134. The molecular weight excluding hydrogens is 212 g/mol. The van der Waals surface area contributed by atoms with Gasteiger partial charge < -0.3 is 5.32 Å². The van der Waals surface area contributed by atoms with Crippen LogP contribution in [0.3, 0.4) is 0 Å². The second-order valence-corrected chi connectivity index (χ2v) is 4.96. The smallest absolute Gasteiger partial charge is 0.234 e. The lowest BCUT2D eigenvalue weighted by Crippen LogP contribution is -2.47. The SMILES string of the molecule is CC(C)c1ccc(CN2CCNC(=O)C2)cc1. The van der Waals surface area contributed by atoms with Crippen molar-refractivity contribution < 1.29 is 4.79 Å². The third kappa shape index (κ3) is 3.30. The Kier molecular flexibility index (Phi) is 3.79. The van der Waals surface area contributed by atoms with E-state index in [4.69, 9.17) is 0 Å². The van der Waals surface area contributed by atoms with E-state index >= 15 is 0 Å². The second kappa shape index (κ2) is 5.32. The average molecular weight is 232 g/mol. The average Bonchev–Trinajstić information content (AvgIpc) is 2.29. The summed E-state index contributed by atoms with van der Waals surface area (Å²) in [6.45, 7) is 7.49. The summed E-state index contributed by atoms with van der Waals surface area (Å²) >= 11 is 0. The molecule has 1 N–H and O–H groups in total. The lowest BCUT2D eigenvalue weighted by atomic mass is 10.0. The van der Waals surface area contributed by atoms with Crippen molar-refractivity contribution in [3.63, 3.8) is 0 Å². The molecule has 1 aromatic carbocycles. The molecule has 1 heterocycles.